The van der Waals surface area contributed by atoms with Crippen LogP contribution in [0.1, 0.15) is 6.92 Å². The van der Waals surface area contributed by atoms with E-state index in [0.29, 0.717) is 6.07 Å². The standard InChI is InChI=1S/C16H15F3N2O3S/c1-11(22)21(14-8-7-13(17)15(18)16(14)19)10-9-20-25(23,24)12-5-3-2-4-6-12/h2-8,20H,9-10H2,1H3. The van der Waals surface area contributed by atoms with Gasteiger partial charge in [0.25, 0.3) is 0 Å². The van der Waals surface area contributed by atoms with Gasteiger partial charge in [-0.1, -0.05) is 18.2 Å². The van der Waals surface area contributed by atoms with Crippen molar-refractivity contribution in [2.75, 3.05) is 18.0 Å². The molecule has 0 spiro atoms. The summed E-state index contributed by atoms with van der Waals surface area (Å²) in [6.07, 6.45) is 0. The van der Waals surface area contributed by atoms with Gasteiger partial charge < -0.3 is 4.90 Å². The lowest BCUT2D eigenvalue weighted by molar-refractivity contribution is -0.116. The first-order valence-electron chi connectivity index (χ1n) is 7.20. The van der Waals surface area contributed by atoms with Crippen molar-refractivity contribution in [3.8, 4) is 0 Å². The third-order valence-electron chi connectivity index (χ3n) is 3.37. The predicted molar refractivity (Wildman–Crippen MR) is 86.0 cm³/mol. The minimum absolute atomic E-state index is 0.0309. The summed E-state index contributed by atoms with van der Waals surface area (Å²) >= 11 is 0. The lowest BCUT2D eigenvalue weighted by Crippen LogP contribution is -2.38. The van der Waals surface area contributed by atoms with Gasteiger partial charge >= 0.3 is 0 Å². The molecule has 0 fully saturated rings. The summed E-state index contributed by atoms with van der Waals surface area (Å²) in [7, 11) is -3.80. The molecule has 25 heavy (non-hydrogen) atoms. The molecule has 0 radical (unpaired) electrons. The van der Waals surface area contributed by atoms with Gasteiger partial charge in [-0.05, 0) is 24.3 Å². The van der Waals surface area contributed by atoms with Crippen LogP contribution in [-0.2, 0) is 14.8 Å². The van der Waals surface area contributed by atoms with Crippen LogP contribution in [0.15, 0.2) is 47.4 Å². The van der Waals surface area contributed by atoms with E-state index in [0.717, 1.165) is 17.9 Å². The van der Waals surface area contributed by atoms with Crippen molar-refractivity contribution in [3.63, 3.8) is 0 Å². The largest absolute Gasteiger partial charge is 0.308 e. The number of nitrogens with one attached hydrogen (secondary N) is 1. The number of benzene rings is 2. The quantitative estimate of drug-likeness (QED) is 0.792. The normalized spacial score (nSPS) is 11.4. The first kappa shape index (κ1) is 18.9. The Morgan fingerprint density at radius 2 is 1.68 bits per heavy atom. The topological polar surface area (TPSA) is 66.5 Å². The molecule has 0 aromatic heterocycles. The van der Waals surface area contributed by atoms with Gasteiger partial charge in [-0.15, -0.1) is 0 Å². The van der Waals surface area contributed by atoms with Crippen molar-refractivity contribution in [3.05, 3.63) is 59.9 Å². The van der Waals surface area contributed by atoms with E-state index in [9.17, 15) is 26.4 Å². The molecule has 2 rings (SSSR count). The Kier molecular flexibility index (Phi) is 5.81. The van der Waals surface area contributed by atoms with E-state index in [4.69, 9.17) is 0 Å². The fraction of sp³-hybridized carbons (Fsp3) is 0.188. The molecular weight excluding hydrogens is 357 g/mol. The van der Waals surface area contributed by atoms with Gasteiger partial charge in [0.05, 0.1) is 10.6 Å². The fourth-order valence-corrected chi connectivity index (χ4v) is 3.19. The fourth-order valence-electron chi connectivity index (χ4n) is 2.15. The highest BCUT2D eigenvalue weighted by atomic mass is 32.2. The molecule has 0 atom stereocenters. The minimum Gasteiger partial charge on any atom is -0.308 e. The van der Waals surface area contributed by atoms with Crippen LogP contribution in [0.25, 0.3) is 0 Å². The maximum Gasteiger partial charge on any atom is 0.240 e. The Morgan fingerprint density at radius 1 is 1.04 bits per heavy atom. The summed E-state index contributed by atoms with van der Waals surface area (Å²) in [6, 6.07) is 9.14. The first-order chi connectivity index (χ1) is 11.7. The van der Waals surface area contributed by atoms with E-state index in [-0.39, 0.29) is 18.0 Å². The molecule has 0 aliphatic carbocycles. The second-order valence-electron chi connectivity index (χ2n) is 5.08. The van der Waals surface area contributed by atoms with Crippen LogP contribution in [-0.4, -0.2) is 27.4 Å². The second-order valence-corrected chi connectivity index (χ2v) is 6.84. The number of amides is 1. The van der Waals surface area contributed by atoms with E-state index in [1.165, 1.54) is 12.1 Å². The lowest BCUT2D eigenvalue weighted by atomic mass is 10.2. The van der Waals surface area contributed by atoms with Gasteiger partial charge in [-0.2, -0.15) is 0 Å². The minimum atomic E-state index is -3.80. The molecule has 9 heteroatoms. The molecule has 134 valence electrons. The molecule has 0 unspecified atom stereocenters. The van der Waals surface area contributed by atoms with Crippen LogP contribution in [0.3, 0.4) is 0 Å². The molecule has 0 aliphatic heterocycles. The Morgan fingerprint density at radius 3 is 2.28 bits per heavy atom. The zero-order valence-electron chi connectivity index (χ0n) is 13.2. The summed E-state index contributed by atoms with van der Waals surface area (Å²) < 4.78 is 66.6. The Hall–Kier alpha value is -2.39. The van der Waals surface area contributed by atoms with Crippen LogP contribution < -0.4 is 9.62 Å². The maximum absolute atomic E-state index is 13.9. The molecule has 2 aromatic rings. The number of halogens is 3. The smallest absolute Gasteiger partial charge is 0.240 e. The Balaban J connectivity index is 2.14. The number of rotatable bonds is 6. The molecule has 0 aliphatic rings. The van der Waals surface area contributed by atoms with E-state index >= 15 is 0 Å². The van der Waals surface area contributed by atoms with Crippen molar-refractivity contribution >= 4 is 21.6 Å². The highest BCUT2D eigenvalue weighted by Gasteiger charge is 2.21. The molecule has 0 bridgehead atoms. The van der Waals surface area contributed by atoms with Crippen molar-refractivity contribution in [1.82, 2.24) is 4.72 Å². The van der Waals surface area contributed by atoms with Gasteiger partial charge in [-0.3, -0.25) is 4.79 Å². The van der Waals surface area contributed by atoms with E-state index in [1.54, 1.807) is 18.2 Å². The Bertz CT molecular complexity index is 874. The van der Waals surface area contributed by atoms with Crippen molar-refractivity contribution in [1.29, 1.82) is 0 Å². The molecular formula is C16H15F3N2O3S. The average molecular weight is 372 g/mol. The number of sulfonamides is 1. The number of nitrogens with zero attached hydrogens (tertiary/aromatic N) is 1. The lowest BCUT2D eigenvalue weighted by Gasteiger charge is -2.22. The van der Waals surface area contributed by atoms with Gasteiger partial charge in [0.2, 0.25) is 15.9 Å². The summed E-state index contributed by atoms with van der Waals surface area (Å²) in [5, 5.41) is 0. The van der Waals surface area contributed by atoms with Gasteiger partial charge in [0.15, 0.2) is 17.5 Å². The van der Waals surface area contributed by atoms with Crippen LogP contribution >= 0.6 is 0 Å². The van der Waals surface area contributed by atoms with Crippen molar-refractivity contribution in [2.45, 2.75) is 11.8 Å². The highest BCUT2D eigenvalue weighted by Crippen LogP contribution is 2.23. The highest BCUT2D eigenvalue weighted by molar-refractivity contribution is 7.89. The number of carbonyl (C=O) groups is 1. The van der Waals surface area contributed by atoms with E-state index in [1.807, 2.05) is 0 Å². The van der Waals surface area contributed by atoms with Gasteiger partial charge in [-0.25, -0.2) is 26.3 Å². The third-order valence-corrected chi connectivity index (χ3v) is 4.84. The molecule has 5 nitrogen and oxygen atoms in total. The third kappa shape index (κ3) is 4.37. The second kappa shape index (κ2) is 7.66. The molecule has 1 amide bonds. The van der Waals surface area contributed by atoms with Gasteiger partial charge in [0.1, 0.15) is 0 Å². The Labute approximate surface area is 143 Å². The predicted octanol–water partition coefficient (Wildman–Crippen LogP) is 2.44. The van der Waals surface area contributed by atoms with Crippen LogP contribution in [0.5, 0.6) is 0 Å². The summed E-state index contributed by atoms with van der Waals surface area (Å²) in [5.41, 5.74) is -0.467. The average Bonchev–Trinajstić information content (AvgIpc) is 2.58. The molecule has 0 saturated carbocycles. The maximum atomic E-state index is 13.9. The number of hydrogen-bond acceptors (Lipinski definition) is 3. The zero-order valence-corrected chi connectivity index (χ0v) is 14.0. The zero-order chi connectivity index (χ0) is 18.6. The summed E-state index contributed by atoms with van der Waals surface area (Å²) in [4.78, 5) is 12.5. The van der Waals surface area contributed by atoms with Gasteiger partial charge in [0, 0.05) is 20.0 Å². The van der Waals surface area contributed by atoms with E-state index in [2.05, 4.69) is 4.72 Å². The summed E-state index contributed by atoms with van der Waals surface area (Å²) in [5.74, 6) is -5.24. The van der Waals surface area contributed by atoms with Crippen LogP contribution in [0, 0.1) is 17.5 Å². The summed E-state index contributed by atoms with van der Waals surface area (Å²) in [6.45, 7) is 0.602. The number of anilines is 1. The number of carbonyl (C=O) groups excluding carboxylic acids is 1. The SMILES string of the molecule is CC(=O)N(CCNS(=O)(=O)c1ccccc1)c1ccc(F)c(F)c1F. The van der Waals surface area contributed by atoms with Crippen LogP contribution in [0.2, 0.25) is 0 Å². The molecule has 1 N–H and O–H groups in total. The van der Waals surface area contributed by atoms with Crippen molar-refractivity contribution < 1.29 is 26.4 Å². The van der Waals surface area contributed by atoms with E-state index < -0.39 is 39.1 Å². The number of hydrogen-bond donors (Lipinski definition) is 1. The first-order valence-corrected chi connectivity index (χ1v) is 8.68. The van der Waals surface area contributed by atoms with Crippen LogP contribution in [0.4, 0.5) is 18.9 Å². The molecule has 0 heterocycles. The molecule has 2 aromatic carbocycles. The molecule has 0 saturated heterocycles. The van der Waals surface area contributed by atoms with Crippen molar-refractivity contribution in [2.24, 2.45) is 0 Å². The monoisotopic (exact) mass is 372 g/mol.